The van der Waals surface area contributed by atoms with Crippen LogP contribution in [0, 0.1) is 24.8 Å². The van der Waals surface area contributed by atoms with Crippen LogP contribution >= 0.6 is 0 Å². The summed E-state index contributed by atoms with van der Waals surface area (Å²) < 4.78 is 6.25. The van der Waals surface area contributed by atoms with Gasteiger partial charge in [-0.25, -0.2) is 0 Å². The number of carbonyl (C=O) groups is 1. The van der Waals surface area contributed by atoms with Crippen LogP contribution in [0.1, 0.15) is 84.3 Å². The Morgan fingerprint density at radius 3 is 2.23 bits per heavy atom. The van der Waals surface area contributed by atoms with Crippen molar-refractivity contribution in [2.24, 2.45) is 11.8 Å². The van der Waals surface area contributed by atoms with E-state index in [1.165, 1.54) is 22.6 Å². The number of aliphatic hydroxyl groups excluding tert-OH is 1. The molecule has 5 rings (SSSR count). The van der Waals surface area contributed by atoms with Crippen molar-refractivity contribution in [3.05, 3.63) is 89.8 Å². The van der Waals surface area contributed by atoms with Gasteiger partial charge in [0.1, 0.15) is 11.2 Å². The van der Waals surface area contributed by atoms with Gasteiger partial charge in [0.25, 0.3) is 0 Å². The summed E-state index contributed by atoms with van der Waals surface area (Å²) in [6, 6.07) is 22.6. The van der Waals surface area contributed by atoms with E-state index in [0.29, 0.717) is 5.92 Å². The largest absolute Gasteiger partial charge is 0.512 e. The smallest absolute Gasteiger partial charge is 0.162 e. The fraction of sp³-hybridized carbons (Fsp3) is 0.368. The van der Waals surface area contributed by atoms with Gasteiger partial charge in [-0.15, -0.1) is 29.1 Å². The van der Waals surface area contributed by atoms with Crippen molar-refractivity contribution < 1.29 is 34.4 Å². The molecule has 5 aromatic rings. The van der Waals surface area contributed by atoms with Crippen molar-refractivity contribution in [2.75, 3.05) is 0 Å². The standard InChI is InChI=1S/C25H20NO.C13H24O2.Ir/c1-15(2)22-14-18(13-17-6-4-5-7-19(17)22)24-25-21(10-11-26-24)20-9-8-16(3)12-23(20)27-25;1-5-10(6-2)12(14)9-13(15)11(7-3)8-4;/h4-12,14-15H,1-3H3;9-11,14H,5-8H2,1-4H3;/q-1;;/b;12-9-;. The van der Waals surface area contributed by atoms with Crippen molar-refractivity contribution >= 4 is 38.5 Å². The summed E-state index contributed by atoms with van der Waals surface area (Å²) in [6.07, 6.45) is 6.77. The minimum absolute atomic E-state index is 0. The zero-order valence-corrected chi connectivity index (χ0v) is 28.9. The number of carbonyl (C=O) groups excluding carboxylic acids is 1. The molecule has 5 heteroatoms. The summed E-state index contributed by atoms with van der Waals surface area (Å²) in [5, 5.41) is 14.4. The number of hydrogen-bond acceptors (Lipinski definition) is 4. The van der Waals surface area contributed by atoms with E-state index in [9.17, 15) is 9.90 Å². The molecule has 43 heavy (non-hydrogen) atoms. The number of aryl methyl sites for hydroxylation is 1. The van der Waals surface area contributed by atoms with Gasteiger partial charge in [0.2, 0.25) is 0 Å². The Bertz CT molecular complexity index is 1710. The molecule has 0 aliphatic heterocycles. The summed E-state index contributed by atoms with van der Waals surface area (Å²) >= 11 is 0. The third-order valence-electron chi connectivity index (χ3n) is 8.31. The molecule has 229 valence electrons. The van der Waals surface area contributed by atoms with Gasteiger partial charge >= 0.3 is 0 Å². The molecule has 0 spiro atoms. The first kappa shape index (κ1) is 34.2. The topological polar surface area (TPSA) is 63.3 Å². The van der Waals surface area contributed by atoms with E-state index in [-0.39, 0.29) is 43.5 Å². The molecule has 1 radical (unpaired) electrons. The Morgan fingerprint density at radius 1 is 0.907 bits per heavy atom. The third-order valence-corrected chi connectivity index (χ3v) is 8.31. The Balaban J connectivity index is 0.000000274. The molecule has 0 amide bonds. The summed E-state index contributed by atoms with van der Waals surface area (Å²) in [4.78, 5) is 16.4. The van der Waals surface area contributed by atoms with Crippen LogP contribution in [0.4, 0.5) is 0 Å². The van der Waals surface area contributed by atoms with Crippen molar-refractivity contribution in [3.8, 4) is 11.3 Å². The van der Waals surface area contributed by atoms with E-state index in [4.69, 9.17) is 4.42 Å². The molecule has 0 aliphatic rings. The summed E-state index contributed by atoms with van der Waals surface area (Å²) in [7, 11) is 0. The molecule has 0 saturated heterocycles. The number of rotatable bonds is 9. The summed E-state index contributed by atoms with van der Waals surface area (Å²) in [6.45, 7) is 14.6. The van der Waals surface area contributed by atoms with Crippen LogP contribution in [0.5, 0.6) is 0 Å². The molecule has 0 aliphatic carbocycles. The molecule has 0 fully saturated rings. The van der Waals surface area contributed by atoms with E-state index >= 15 is 0 Å². The number of allylic oxidation sites excluding steroid dienone is 2. The minimum atomic E-state index is 0. The van der Waals surface area contributed by atoms with Gasteiger partial charge in [-0.05, 0) is 56.2 Å². The van der Waals surface area contributed by atoms with Crippen LogP contribution in [0.2, 0.25) is 0 Å². The molecule has 2 heterocycles. The molecule has 0 saturated carbocycles. The van der Waals surface area contributed by atoms with Crippen LogP contribution < -0.4 is 0 Å². The van der Waals surface area contributed by atoms with Crippen LogP contribution in [0.25, 0.3) is 44.0 Å². The van der Waals surface area contributed by atoms with Gasteiger partial charge in [0, 0.05) is 60.7 Å². The predicted molar refractivity (Wildman–Crippen MR) is 176 cm³/mol. The fourth-order valence-corrected chi connectivity index (χ4v) is 5.64. The average molecular weight is 755 g/mol. The van der Waals surface area contributed by atoms with Gasteiger partial charge in [0.05, 0.1) is 5.76 Å². The van der Waals surface area contributed by atoms with Gasteiger partial charge in [-0.2, -0.15) is 0 Å². The van der Waals surface area contributed by atoms with E-state index in [1.807, 2.05) is 40.0 Å². The SMILES string of the molecule is CCC(CC)C(=O)/C=C(\O)C(CC)CC.Cc1ccc2c(c1)oc1c(-c3[c-]c4ccccc4c(C(C)C)c3)nccc12.[Ir]. The molecular formula is C38H44IrNO3-. The van der Waals surface area contributed by atoms with E-state index < -0.39 is 0 Å². The van der Waals surface area contributed by atoms with Gasteiger partial charge in [-0.1, -0.05) is 82.8 Å². The van der Waals surface area contributed by atoms with E-state index in [2.05, 4.69) is 80.4 Å². The first-order chi connectivity index (χ1) is 20.2. The predicted octanol–water partition coefficient (Wildman–Crippen LogP) is 10.9. The number of nitrogens with zero attached hydrogens (tertiary/aromatic N) is 1. The van der Waals surface area contributed by atoms with Crippen LogP contribution in [-0.4, -0.2) is 15.9 Å². The van der Waals surface area contributed by atoms with Crippen molar-refractivity contribution in [3.63, 3.8) is 0 Å². The second-order valence-electron chi connectivity index (χ2n) is 11.5. The Kier molecular flexibility index (Phi) is 12.3. The maximum Gasteiger partial charge on any atom is 0.162 e. The van der Waals surface area contributed by atoms with E-state index in [0.717, 1.165) is 64.3 Å². The molecule has 0 unspecified atom stereocenters. The van der Waals surface area contributed by atoms with E-state index in [1.54, 1.807) is 0 Å². The van der Waals surface area contributed by atoms with Crippen molar-refractivity contribution in [1.29, 1.82) is 0 Å². The fourth-order valence-electron chi connectivity index (χ4n) is 5.64. The minimum Gasteiger partial charge on any atom is -0.512 e. The average Bonchev–Trinajstić information content (AvgIpc) is 3.35. The number of aliphatic hydroxyl groups is 1. The van der Waals surface area contributed by atoms with Crippen LogP contribution in [0.3, 0.4) is 0 Å². The molecule has 4 nitrogen and oxygen atoms in total. The first-order valence-electron chi connectivity index (χ1n) is 15.4. The summed E-state index contributed by atoms with van der Waals surface area (Å²) in [5.41, 5.74) is 6.08. The number of aromatic nitrogens is 1. The molecular weight excluding hydrogens is 711 g/mol. The number of hydrogen-bond donors (Lipinski definition) is 1. The Morgan fingerprint density at radius 2 is 1.58 bits per heavy atom. The molecule has 0 atom stereocenters. The number of pyridine rings is 1. The van der Waals surface area contributed by atoms with Crippen LogP contribution in [0.15, 0.2) is 77.0 Å². The van der Waals surface area contributed by atoms with Crippen molar-refractivity contribution in [2.45, 2.75) is 80.1 Å². The maximum atomic E-state index is 11.7. The normalized spacial score (nSPS) is 11.8. The van der Waals surface area contributed by atoms with Gasteiger partial charge < -0.3 is 9.52 Å². The second kappa shape index (κ2) is 15.5. The second-order valence-corrected chi connectivity index (χ2v) is 11.5. The first-order valence-corrected chi connectivity index (χ1v) is 15.4. The molecule has 2 aromatic heterocycles. The number of ketones is 1. The molecule has 1 N–H and O–H groups in total. The maximum absolute atomic E-state index is 11.7. The Hall–Kier alpha value is -3.27. The molecule has 3 aromatic carbocycles. The zero-order valence-electron chi connectivity index (χ0n) is 26.5. The Labute approximate surface area is 270 Å². The van der Waals surface area contributed by atoms with Gasteiger partial charge in [-0.3, -0.25) is 9.78 Å². The summed E-state index contributed by atoms with van der Waals surface area (Å²) in [5.74, 6) is 0.965. The third kappa shape index (κ3) is 7.63. The van der Waals surface area contributed by atoms with Gasteiger partial charge in [0.15, 0.2) is 5.78 Å². The zero-order chi connectivity index (χ0) is 30.4. The van der Waals surface area contributed by atoms with Crippen molar-refractivity contribution in [1.82, 2.24) is 4.98 Å². The number of furan rings is 1. The molecule has 0 bridgehead atoms. The number of benzene rings is 3. The monoisotopic (exact) mass is 755 g/mol. The number of fused-ring (bicyclic) bond motifs is 4. The van der Waals surface area contributed by atoms with Crippen LogP contribution in [-0.2, 0) is 24.9 Å². The quantitative estimate of drug-likeness (QED) is 0.0925.